The number of esters is 2. The molecule has 0 amide bonds. The third-order valence-electron chi connectivity index (χ3n) is 1.62. The number of halogens is 4. The lowest BCUT2D eigenvalue weighted by molar-refractivity contribution is -0.214. The van der Waals surface area contributed by atoms with Gasteiger partial charge in [0.05, 0.1) is 19.4 Å². The molecule has 100 valence electrons. The molecule has 0 aliphatic heterocycles. The number of carbonyl (C=O) groups is 2. The number of hydrogen-bond acceptors (Lipinski definition) is 4. The van der Waals surface area contributed by atoms with E-state index in [-0.39, 0.29) is 13.0 Å². The van der Waals surface area contributed by atoms with Gasteiger partial charge in [0.15, 0.2) is 0 Å². The minimum absolute atomic E-state index is 0.153. The fourth-order valence-electron chi connectivity index (χ4n) is 0.841. The van der Waals surface area contributed by atoms with Gasteiger partial charge in [-0.2, -0.15) is 13.2 Å². The summed E-state index contributed by atoms with van der Waals surface area (Å²) >= 11 is 2.60. The van der Waals surface area contributed by atoms with E-state index in [1.165, 1.54) is 0 Å². The van der Waals surface area contributed by atoms with Crippen molar-refractivity contribution in [2.75, 3.05) is 11.9 Å². The van der Waals surface area contributed by atoms with Crippen molar-refractivity contribution in [2.24, 2.45) is 0 Å². The average molecular weight is 321 g/mol. The summed E-state index contributed by atoms with van der Waals surface area (Å²) in [6.45, 7) is 1.74. The quantitative estimate of drug-likeness (QED) is 0.556. The molecule has 0 aromatic carbocycles. The first-order chi connectivity index (χ1) is 7.81. The van der Waals surface area contributed by atoms with Crippen LogP contribution in [0, 0.1) is 0 Å². The Morgan fingerprint density at radius 2 is 1.76 bits per heavy atom. The van der Waals surface area contributed by atoms with Gasteiger partial charge in [-0.05, 0) is 6.92 Å². The van der Waals surface area contributed by atoms with Crippen molar-refractivity contribution in [1.82, 2.24) is 0 Å². The molecule has 0 spiro atoms. The Kier molecular flexibility index (Phi) is 7.17. The molecule has 0 aromatic heterocycles. The van der Waals surface area contributed by atoms with E-state index in [1.807, 2.05) is 0 Å². The maximum Gasteiger partial charge on any atom is 0.426 e. The number of rotatable bonds is 6. The van der Waals surface area contributed by atoms with E-state index in [2.05, 4.69) is 25.4 Å². The van der Waals surface area contributed by atoms with Crippen molar-refractivity contribution in [1.29, 1.82) is 0 Å². The standard InChI is InChI=1S/C9H12BrF3O4/c1-2-16-7(14)3-4-8(15)17-6(5-10)9(11,12)13/h6H,2-5H2,1H3. The van der Waals surface area contributed by atoms with Crippen molar-refractivity contribution in [3.05, 3.63) is 0 Å². The van der Waals surface area contributed by atoms with Crippen molar-refractivity contribution in [3.63, 3.8) is 0 Å². The van der Waals surface area contributed by atoms with Crippen LogP contribution in [0.5, 0.6) is 0 Å². The molecule has 0 aromatic rings. The molecular weight excluding hydrogens is 309 g/mol. The summed E-state index contributed by atoms with van der Waals surface area (Å²) < 4.78 is 45.3. The molecular formula is C9H12BrF3O4. The van der Waals surface area contributed by atoms with Crippen LogP contribution in [-0.2, 0) is 19.1 Å². The SMILES string of the molecule is CCOC(=O)CCC(=O)OC(CBr)C(F)(F)F. The smallest absolute Gasteiger partial charge is 0.426 e. The highest BCUT2D eigenvalue weighted by atomic mass is 79.9. The highest BCUT2D eigenvalue weighted by molar-refractivity contribution is 9.09. The monoisotopic (exact) mass is 320 g/mol. The maximum absolute atomic E-state index is 12.2. The number of hydrogen-bond donors (Lipinski definition) is 0. The third-order valence-corrected chi connectivity index (χ3v) is 2.21. The largest absolute Gasteiger partial charge is 0.466 e. The Morgan fingerprint density at radius 3 is 2.18 bits per heavy atom. The van der Waals surface area contributed by atoms with Crippen LogP contribution in [-0.4, -0.2) is 36.2 Å². The molecule has 1 atom stereocenters. The second kappa shape index (κ2) is 7.52. The van der Waals surface area contributed by atoms with Crippen molar-refractivity contribution in [3.8, 4) is 0 Å². The Morgan fingerprint density at radius 1 is 1.24 bits per heavy atom. The molecule has 0 saturated carbocycles. The topological polar surface area (TPSA) is 52.6 Å². The van der Waals surface area contributed by atoms with Gasteiger partial charge in [0.25, 0.3) is 0 Å². The zero-order chi connectivity index (χ0) is 13.5. The van der Waals surface area contributed by atoms with Crippen LogP contribution in [0.15, 0.2) is 0 Å². The summed E-state index contributed by atoms with van der Waals surface area (Å²) in [6, 6.07) is 0. The average Bonchev–Trinajstić information content (AvgIpc) is 2.21. The maximum atomic E-state index is 12.2. The Labute approximate surface area is 105 Å². The Balaban J connectivity index is 4.04. The highest BCUT2D eigenvalue weighted by Crippen LogP contribution is 2.24. The van der Waals surface area contributed by atoms with E-state index in [1.54, 1.807) is 6.92 Å². The first-order valence-corrected chi connectivity index (χ1v) is 5.91. The molecule has 0 radical (unpaired) electrons. The van der Waals surface area contributed by atoms with Crippen LogP contribution in [0.3, 0.4) is 0 Å². The first kappa shape index (κ1) is 16.2. The minimum Gasteiger partial charge on any atom is -0.466 e. The van der Waals surface area contributed by atoms with Crippen LogP contribution >= 0.6 is 15.9 Å². The second-order valence-electron chi connectivity index (χ2n) is 2.98. The van der Waals surface area contributed by atoms with Gasteiger partial charge in [-0.3, -0.25) is 9.59 Å². The van der Waals surface area contributed by atoms with Crippen molar-refractivity contribution < 1.29 is 32.2 Å². The summed E-state index contributed by atoms with van der Waals surface area (Å²) in [5.74, 6) is -1.73. The molecule has 0 heterocycles. The van der Waals surface area contributed by atoms with Crippen molar-refractivity contribution >= 4 is 27.9 Å². The van der Waals surface area contributed by atoms with Gasteiger partial charge in [-0.1, -0.05) is 15.9 Å². The summed E-state index contributed by atoms with van der Waals surface area (Å²) in [4.78, 5) is 21.9. The van der Waals surface area contributed by atoms with Crippen LogP contribution in [0.1, 0.15) is 19.8 Å². The number of ether oxygens (including phenoxy) is 2. The zero-order valence-corrected chi connectivity index (χ0v) is 10.6. The van der Waals surface area contributed by atoms with E-state index >= 15 is 0 Å². The molecule has 1 unspecified atom stereocenters. The van der Waals surface area contributed by atoms with Gasteiger partial charge in [0.1, 0.15) is 0 Å². The predicted octanol–water partition coefficient (Wildman–Crippen LogP) is 2.20. The van der Waals surface area contributed by atoms with E-state index in [0.29, 0.717) is 0 Å². The van der Waals surface area contributed by atoms with Crippen LogP contribution in [0.25, 0.3) is 0 Å². The van der Waals surface area contributed by atoms with Gasteiger partial charge < -0.3 is 9.47 Å². The van der Waals surface area contributed by atoms with Gasteiger partial charge in [0, 0.05) is 5.33 Å². The molecule has 0 aliphatic carbocycles. The lowest BCUT2D eigenvalue weighted by Gasteiger charge is -2.18. The molecule has 0 fully saturated rings. The van der Waals surface area contributed by atoms with E-state index in [0.717, 1.165) is 0 Å². The van der Waals surface area contributed by atoms with E-state index < -0.39 is 36.0 Å². The van der Waals surface area contributed by atoms with Gasteiger partial charge in [-0.15, -0.1) is 0 Å². The lowest BCUT2D eigenvalue weighted by Crippen LogP contribution is -2.35. The minimum atomic E-state index is -4.62. The zero-order valence-electron chi connectivity index (χ0n) is 9.05. The third kappa shape index (κ3) is 7.19. The first-order valence-electron chi connectivity index (χ1n) is 4.79. The van der Waals surface area contributed by atoms with Crippen molar-refractivity contribution in [2.45, 2.75) is 32.0 Å². The lowest BCUT2D eigenvalue weighted by atomic mass is 10.3. The van der Waals surface area contributed by atoms with Crippen LogP contribution in [0.4, 0.5) is 13.2 Å². The van der Waals surface area contributed by atoms with E-state index in [4.69, 9.17) is 0 Å². The highest BCUT2D eigenvalue weighted by Gasteiger charge is 2.41. The van der Waals surface area contributed by atoms with Gasteiger partial charge >= 0.3 is 18.1 Å². The molecule has 0 aliphatic rings. The fourth-order valence-corrected chi connectivity index (χ4v) is 1.34. The molecule has 4 nitrogen and oxygen atoms in total. The number of carbonyl (C=O) groups excluding carboxylic acids is 2. The summed E-state index contributed by atoms with van der Waals surface area (Å²) in [6.07, 6.45) is -7.54. The normalized spacial score (nSPS) is 13.0. The summed E-state index contributed by atoms with van der Waals surface area (Å²) in [7, 11) is 0. The number of alkyl halides is 4. The second-order valence-corrected chi connectivity index (χ2v) is 3.63. The van der Waals surface area contributed by atoms with Gasteiger partial charge in [0.2, 0.25) is 6.10 Å². The molecule has 0 saturated heterocycles. The Hall–Kier alpha value is -0.790. The van der Waals surface area contributed by atoms with E-state index in [9.17, 15) is 22.8 Å². The molecule has 0 rings (SSSR count). The fraction of sp³-hybridized carbons (Fsp3) is 0.778. The summed E-state index contributed by atoms with van der Waals surface area (Å²) in [5, 5.41) is -0.540. The van der Waals surface area contributed by atoms with Gasteiger partial charge in [-0.25, -0.2) is 0 Å². The molecule has 17 heavy (non-hydrogen) atoms. The molecule has 0 bridgehead atoms. The van der Waals surface area contributed by atoms with Crippen LogP contribution < -0.4 is 0 Å². The predicted molar refractivity (Wildman–Crippen MR) is 55.6 cm³/mol. The Bertz CT molecular complexity index is 267. The summed E-state index contributed by atoms with van der Waals surface area (Å²) in [5.41, 5.74) is 0. The molecule has 0 N–H and O–H groups in total. The van der Waals surface area contributed by atoms with Crippen LogP contribution in [0.2, 0.25) is 0 Å². The molecule has 8 heteroatoms.